The first-order valence-corrected chi connectivity index (χ1v) is 13.4. The van der Waals surface area contributed by atoms with E-state index in [-0.39, 0.29) is 16.3 Å². The summed E-state index contributed by atoms with van der Waals surface area (Å²) in [6.07, 6.45) is 6.71. The van der Waals surface area contributed by atoms with Gasteiger partial charge in [0.2, 0.25) is 6.41 Å². The molecule has 0 radical (unpaired) electrons. The fraction of sp³-hybridized carbons (Fsp3) is 0.296. The van der Waals surface area contributed by atoms with Crippen LogP contribution in [0.5, 0.6) is 11.5 Å². The van der Waals surface area contributed by atoms with Gasteiger partial charge in [-0.25, -0.2) is 12.8 Å². The van der Waals surface area contributed by atoms with Crippen LogP contribution in [0.3, 0.4) is 0 Å². The molecule has 0 aliphatic rings. The molecule has 3 rings (SSSR count). The monoisotopic (exact) mass is 528 g/mol. The third kappa shape index (κ3) is 8.68. The molecule has 10 heteroatoms. The summed E-state index contributed by atoms with van der Waals surface area (Å²) in [7, 11) is -3.35. The number of hydrogen-bond acceptors (Lipinski definition) is 7. The summed E-state index contributed by atoms with van der Waals surface area (Å²) in [5.74, 6) is 0.507. The van der Waals surface area contributed by atoms with E-state index in [0.717, 1.165) is 11.8 Å². The molecule has 198 valence electrons. The van der Waals surface area contributed by atoms with Gasteiger partial charge in [0.15, 0.2) is 9.84 Å². The third-order valence-corrected chi connectivity index (χ3v) is 6.15. The smallest absolute Gasteiger partial charge is 0.211 e. The van der Waals surface area contributed by atoms with E-state index in [1.54, 1.807) is 24.4 Å². The molecule has 0 saturated heterocycles. The number of allylic oxidation sites excluding steroid dienone is 1. The number of sulfone groups is 1. The number of nitrogens with zero attached hydrogens (tertiary/aromatic N) is 2. The van der Waals surface area contributed by atoms with Gasteiger partial charge in [0.1, 0.15) is 17.3 Å². The molecule has 0 aliphatic carbocycles. The van der Waals surface area contributed by atoms with Gasteiger partial charge in [-0.05, 0) is 75.6 Å². The molecule has 0 bridgehead atoms. The Bertz CT molecular complexity index is 1430. The van der Waals surface area contributed by atoms with E-state index in [4.69, 9.17) is 10.5 Å². The Hall–Kier alpha value is -3.79. The van der Waals surface area contributed by atoms with E-state index in [1.165, 1.54) is 30.6 Å². The van der Waals surface area contributed by atoms with E-state index < -0.39 is 9.84 Å². The van der Waals surface area contributed by atoms with Gasteiger partial charge in [-0.3, -0.25) is 14.8 Å². The normalized spacial score (nSPS) is 12.2. The van der Waals surface area contributed by atoms with Gasteiger partial charge in [-0.1, -0.05) is 6.92 Å². The first kappa shape index (κ1) is 29.4. The molecule has 3 N–H and O–H groups in total. The fourth-order valence-corrected chi connectivity index (χ4v) is 3.75. The molecule has 1 heterocycles. The Morgan fingerprint density at radius 3 is 2.46 bits per heavy atom. The van der Waals surface area contributed by atoms with Crippen molar-refractivity contribution in [3.05, 3.63) is 71.4 Å². The van der Waals surface area contributed by atoms with Crippen LogP contribution in [-0.2, 0) is 21.1 Å². The number of nitrogens with one attached hydrogen (secondary N) is 1. The van der Waals surface area contributed by atoms with Crippen LogP contribution >= 0.6 is 0 Å². The standard InChI is InChI=1S/C19H18FNO3S.C8H15N3O/c1-4-13-9-12(2)19(11-16(13)20)24-18-7-8-21-17-6-5-14(10-15(17)18)25(3,22)23;1-8(2,3)11-5-7(4-9)10-6-12/h5-11H,4H2,1-3H3;4-6H,9H2,1-3H3,(H,10,12)/b;7-4+,11-5?. The predicted octanol–water partition coefficient (Wildman–Crippen LogP) is 4.84. The lowest BCUT2D eigenvalue weighted by atomic mass is 10.1. The highest BCUT2D eigenvalue weighted by atomic mass is 32.2. The Morgan fingerprint density at radius 2 is 1.89 bits per heavy atom. The Labute approximate surface area is 217 Å². The zero-order valence-corrected chi connectivity index (χ0v) is 22.7. The second-order valence-electron chi connectivity index (χ2n) is 9.24. The highest BCUT2D eigenvalue weighted by molar-refractivity contribution is 7.90. The molecule has 1 aromatic heterocycles. The zero-order chi connectivity index (χ0) is 27.8. The van der Waals surface area contributed by atoms with Crippen LogP contribution in [0, 0.1) is 12.7 Å². The summed E-state index contributed by atoms with van der Waals surface area (Å²) in [5, 5.41) is 2.97. The van der Waals surface area contributed by atoms with Gasteiger partial charge in [-0.2, -0.15) is 0 Å². The van der Waals surface area contributed by atoms with Gasteiger partial charge in [0, 0.05) is 36.3 Å². The highest BCUT2D eigenvalue weighted by Gasteiger charge is 2.13. The van der Waals surface area contributed by atoms with Crippen molar-refractivity contribution in [3.8, 4) is 11.5 Å². The summed E-state index contributed by atoms with van der Waals surface area (Å²) in [6.45, 7) is 9.61. The van der Waals surface area contributed by atoms with E-state index in [1.807, 2.05) is 34.6 Å². The zero-order valence-electron chi connectivity index (χ0n) is 21.9. The lowest BCUT2D eigenvalue weighted by Crippen LogP contribution is -2.16. The summed E-state index contributed by atoms with van der Waals surface area (Å²) < 4.78 is 43.6. The van der Waals surface area contributed by atoms with Crippen LogP contribution in [0.4, 0.5) is 4.39 Å². The van der Waals surface area contributed by atoms with E-state index >= 15 is 0 Å². The van der Waals surface area contributed by atoms with Gasteiger partial charge < -0.3 is 15.8 Å². The Balaban J connectivity index is 0.000000341. The van der Waals surface area contributed by atoms with Crippen LogP contribution in [0.25, 0.3) is 10.9 Å². The van der Waals surface area contributed by atoms with E-state index in [2.05, 4.69) is 15.3 Å². The number of aryl methyl sites for hydroxylation is 2. The molecule has 8 nitrogen and oxygen atoms in total. The van der Waals surface area contributed by atoms with Gasteiger partial charge in [0.25, 0.3) is 0 Å². The fourth-order valence-electron chi connectivity index (χ4n) is 3.10. The number of benzene rings is 2. The molecule has 0 atom stereocenters. The van der Waals surface area contributed by atoms with Crippen LogP contribution in [0.15, 0.2) is 64.4 Å². The first-order chi connectivity index (χ1) is 17.3. The lowest BCUT2D eigenvalue weighted by molar-refractivity contribution is -0.108. The summed E-state index contributed by atoms with van der Waals surface area (Å²) in [6, 6.07) is 9.43. The Morgan fingerprint density at radius 1 is 1.19 bits per heavy atom. The van der Waals surface area contributed by atoms with Crippen LogP contribution in [0.2, 0.25) is 0 Å². The lowest BCUT2D eigenvalue weighted by Gasteiger charge is -2.13. The number of amides is 1. The molecule has 0 unspecified atom stereocenters. The maximum absolute atomic E-state index is 14.1. The molecule has 3 aromatic rings. The number of carbonyl (C=O) groups excluding carboxylic acids is 1. The van der Waals surface area contributed by atoms with Crippen molar-refractivity contribution in [2.75, 3.05) is 6.26 Å². The number of aromatic nitrogens is 1. The predicted molar refractivity (Wildman–Crippen MR) is 145 cm³/mol. The minimum atomic E-state index is -3.35. The second-order valence-corrected chi connectivity index (χ2v) is 11.3. The average Bonchev–Trinajstić information content (AvgIpc) is 2.83. The number of fused-ring (bicyclic) bond motifs is 1. The summed E-state index contributed by atoms with van der Waals surface area (Å²) in [5.41, 5.74) is 7.60. The Kier molecular flexibility index (Phi) is 9.90. The molecule has 0 fully saturated rings. The number of aliphatic imine (C=N–C) groups is 1. The highest BCUT2D eigenvalue weighted by Crippen LogP contribution is 2.33. The van der Waals surface area contributed by atoms with E-state index in [9.17, 15) is 17.6 Å². The van der Waals surface area contributed by atoms with E-state index in [0.29, 0.717) is 46.5 Å². The van der Waals surface area contributed by atoms with Crippen molar-refractivity contribution in [1.82, 2.24) is 10.3 Å². The van der Waals surface area contributed by atoms with Crippen molar-refractivity contribution in [2.45, 2.75) is 51.5 Å². The van der Waals surface area contributed by atoms with Crippen molar-refractivity contribution in [1.29, 1.82) is 0 Å². The number of hydrogen-bond donors (Lipinski definition) is 2. The van der Waals surface area contributed by atoms with Gasteiger partial charge in [-0.15, -0.1) is 0 Å². The largest absolute Gasteiger partial charge is 0.456 e. The second kappa shape index (κ2) is 12.4. The average molecular weight is 529 g/mol. The van der Waals surface area contributed by atoms with Crippen molar-refractivity contribution in [2.24, 2.45) is 10.7 Å². The third-order valence-electron chi connectivity index (χ3n) is 5.04. The number of pyridine rings is 1. The molecule has 2 aromatic carbocycles. The van der Waals surface area contributed by atoms with Crippen LogP contribution in [0.1, 0.15) is 38.8 Å². The van der Waals surface area contributed by atoms with Crippen LogP contribution < -0.4 is 15.8 Å². The number of ether oxygens (including phenoxy) is 1. The van der Waals surface area contributed by atoms with Gasteiger partial charge in [0.05, 0.1) is 21.6 Å². The summed E-state index contributed by atoms with van der Waals surface area (Å²) >= 11 is 0. The van der Waals surface area contributed by atoms with Gasteiger partial charge >= 0.3 is 0 Å². The molecule has 37 heavy (non-hydrogen) atoms. The summed E-state index contributed by atoms with van der Waals surface area (Å²) in [4.78, 5) is 18.6. The molecular formula is C27H33FN4O4S. The number of nitrogens with two attached hydrogens (primary N) is 1. The van der Waals surface area contributed by atoms with Crippen molar-refractivity contribution < 1.29 is 22.3 Å². The minimum absolute atomic E-state index is 0.154. The van der Waals surface area contributed by atoms with Crippen LogP contribution in [-0.4, -0.2) is 37.8 Å². The number of halogens is 1. The topological polar surface area (TPSA) is 124 Å². The molecule has 0 saturated carbocycles. The molecule has 0 aliphatic heterocycles. The first-order valence-electron chi connectivity index (χ1n) is 11.5. The number of rotatable bonds is 7. The molecule has 0 spiro atoms. The number of carbonyl (C=O) groups is 1. The van der Waals surface area contributed by atoms with Crippen molar-refractivity contribution in [3.63, 3.8) is 0 Å². The minimum Gasteiger partial charge on any atom is -0.456 e. The van der Waals surface area contributed by atoms with Crippen molar-refractivity contribution >= 4 is 33.4 Å². The molecule has 1 amide bonds. The maximum atomic E-state index is 14.1. The maximum Gasteiger partial charge on any atom is 0.211 e. The SMILES string of the molecule is CC(C)(C)N=C/C(=C\N)NC=O.CCc1cc(C)c(Oc2ccnc3ccc(S(C)(=O)=O)cc23)cc1F. The molecular weight excluding hydrogens is 495 g/mol. The quantitative estimate of drug-likeness (QED) is 0.334.